The molecule has 21 heteroatoms. The smallest absolute Gasteiger partial charge is 0.396 e. The Morgan fingerprint density at radius 3 is 1.63 bits per heavy atom. The first-order valence-electron chi connectivity index (χ1n) is 18.3. The lowest BCUT2D eigenvalue weighted by molar-refractivity contribution is -0.687. The largest absolute Gasteiger partial charge is 0.423 e. The highest BCUT2D eigenvalue weighted by Gasteiger charge is 2.23. The van der Waals surface area contributed by atoms with Crippen molar-refractivity contribution < 1.29 is 42.0 Å². The van der Waals surface area contributed by atoms with Crippen LogP contribution in [0.25, 0.3) is 33.8 Å². The fraction of sp³-hybridized carbons (Fsp3) is 0.262. The molecule has 4 heterocycles. The molecule has 0 saturated heterocycles. The number of aliphatic hydroxyl groups is 2. The van der Waals surface area contributed by atoms with Gasteiger partial charge in [0.25, 0.3) is 0 Å². The van der Waals surface area contributed by atoms with Crippen LogP contribution in [0.1, 0.15) is 24.1 Å². The lowest BCUT2D eigenvalue weighted by atomic mass is 9.98. The van der Waals surface area contributed by atoms with Crippen molar-refractivity contribution in [3.05, 3.63) is 134 Å². The van der Waals surface area contributed by atoms with E-state index < -0.39 is 20.9 Å². The molecule has 0 fully saturated rings. The summed E-state index contributed by atoms with van der Waals surface area (Å²) in [5.74, 6) is 1.34. The van der Waals surface area contributed by atoms with Gasteiger partial charge in [-0.05, 0) is 35.6 Å². The fourth-order valence-electron chi connectivity index (χ4n) is 5.68. The number of nitrogen functional groups attached to an aromatic ring is 3. The standard InChI is InChI=1S/C14H18N3O4P.C12H13N3O.C12H12N3.C2H6ClO3P.CH4.CH3.ClH/c1-20-22(19,10-18)21-7-6-11-4-2-3-5-12(11)13-8-17-14(15)9-16-13;13-12-8-14-11(7-15-12)10-4-2-1-3-9(10)5-6-16;13-12-8-15-6-5-9-3-1-2-4-10(9)11(15)7-14-12;1-5-7(3,4)6-2;;;/h2-5,8-9,18H,6-7,10H2,1H3,(H2,15,17);1-4,7-8,16H,5-6H2,(H2,13,15);1-4,7-8H,5-6H2,(H2,13,14);1-2H3;1H4;1H3;1H/q;;+1;;;-1;. The predicted octanol–water partition coefficient (Wildman–Crippen LogP) is 7.64. The summed E-state index contributed by atoms with van der Waals surface area (Å²) in [4.78, 5) is 20.7. The number of aryl methyl sites for hydroxylation is 2. The number of aromatic nitrogens is 6. The molecule has 1 unspecified atom stereocenters. The summed E-state index contributed by atoms with van der Waals surface area (Å²) in [6.45, 7) is -1.91. The molecule has 3 aromatic heterocycles. The van der Waals surface area contributed by atoms with Crippen molar-refractivity contribution in [1.29, 1.82) is 0 Å². The van der Waals surface area contributed by atoms with Crippen LogP contribution in [-0.4, -0.2) is 76.0 Å². The van der Waals surface area contributed by atoms with Gasteiger partial charge in [0.2, 0.25) is 11.9 Å². The Labute approximate surface area is 380 Å². The maximum atomic E-state index is 11.8. The summed E-state index contributed by atoms with van der Waals surface area (Å²) in [6, 6.07) is 23.9. The second kappa shape index (κ2) is 28.0. The van der Waals surface area contributed by atoms with Crippen molar-refractivity contribution in [1.82, 2.24) is 24.9 Å². The molecule has 0 amide bonds. The van der Waals surface area contributed by atoms with Crippen LogP contribution in [0.2, 0.25) is 0 Å². The topological polar surface area (TPSA) is 258 Å². The van der Waals surface area contributed by atoms with Gasteiger partial charge < -0.3 is 52.9 Å². The lowest BCUT2D eigenvalue weighted by Crippen LogP contribution is -2.40. The third-order valence-electron chi connectivity index (χ3n) is 8.71. The molecule has 63 heavy (non-hydrogen) atoms. The quantitative estimate of drug-likeness (QED) is 0.0448. The van der Waals surface area contributed by atoms with Crippen LogP contribution in [0.5, 0.6) is 0 Å². The van der Waals surface area contributed by atoms with Crippen LogP contribution in [0.3, 0.4) is 0 Å². The summed E-state index contributed by atoms with van der Waals surface area (Å²) >= 11 is 5.02. The van der Waals surface area contributed by atoms with Crippen molar-refractivity contribution in [2.45, 2.75) is 33.2 Å². The molecule has 8 N–H and O–H groups in total. The van der Waals surface area contributed by atoms with E-state index in [0.29, 0.717) is 36.0 Å². The van der Waals surface area contributed by atoms with Gasteiger partial charge >= 0.3 is 14.5 Å². The molecule has 6 aromatic rings. The van der Waals surface area contributed by atoms with Crippen LogP contribution in [0.4, 0.5) is 17.5 Å². The maximum absolute atomic E-state index is 11.8. The van der Waals surface area contributed by atoms with E-state index in [2.05, 4.69) is 62.8 Å². The Morgan fingerprint density at radius 1 is 0.683 bits per heavy atom. The van der Waals surface area contributed by atoms with Gasteiger partial charge in [0, 0.05) is 56.7 Å². The molecular formula is C42H57Cl2N9O8P2. The molecule has 17 nitrogen and oxygen atoms in total. The van der Waals surface area contributed by atoms with E-state index in [1.807, 2.05) is 60.9 Å². The molecule has 0 radical (unpaired) electrons. The van der Waals surface area contributed by atoms with Gasteiger partial charge in [0.1, 0.15) is 24.2 Å². The number of benzene rings is 3. The molecule has 3 aromatic carbocycles. The highest BCUT2D eigenvalue weighted by Crippen LogP contribution is 2.51. The lowest BCUT2D eigenvalue weighted by Gasteiger charge is -2.14. The van der Waals surface area contributed by atoms with E-state index in [9.17, 15) is 9.13 Å². The zero-order valence-electron chi connectivity index (χ0n) is 34.8. The minimum absolute atomic E-state index is 0. The second-order valence-corrected chi connectivity index (χ2v) is 17.5. The first-order chi connectivity index (χ1) is 28.9. The molecular weight excluding hydrogens is 891 g/mol. The number of halogens is 2. The molecule has 1 aliphatic rings. The number of hydrogen-bond acceptors (Lipinski definition) is 16. The van der Waals surface area contributed by atoms with Crippen molar-refractivity contribution in [2.24, 2.45) is 0 Å². The second-order valence-electron chi connectivity index (χ2n) is 12.6. The molecule has 0 spiro atoms. The number of hydrogen-bond donors (Lipinski definition) is 5. The number of nitrogens with two attached hydrogens (primary N) is 3. The number of rotatable bonds is 12. The summed E-state index contributed by atoms with van der Waals surface area (Å²) in [6.07, 6.45) is 11.6. The SMILES string of the molecule is C.COP(=O)(CO)OCCc1ccccc1-c1cnc(N)cn1.COP(=O)(Cl)OC.Cl.Nc1c[n+]2c(cn1)-c1ccccc1CC2.Nc1cnc(-c2ccccc2CCO)cn1.[CH3-]. The van der Waals surface area contributed by atoms with Gasteiger partial charge in [-0.25, -0.2) is 19.5 Å². The van der Waals surface area contributed by atoms with Crippen LogP contribution >= 0.6 is 38.2 Å². The average molecular weight is 949 g/mol. The summed E-state index contributed by atoms with van der Waals surface area (Å²) in [5, 5.41) is 18.0. The van der Waals surface area contributed by atoms with E-state index in [4.69, 9.17) is 47.7 Å². The van der Waals surface area contributed by atoms with Crippen molar-refractivity contribution in [3.63, 3.8) is 0 Å². The van der Waals surface area contributed by atoms with Gasteiger partial charge in [-0.15, -0.1) is 12.4 Å². The fourth-order valence-corrected chi connectivity index (χ4v) is 6.50. The Kier molecular flexibility index (Phi) is 24.9. The normalized spacial score (nSPS) is 11.8. The Balaban J connectivity index is 0.000000436. The molecule has 1 aliphatic heterocycles. The zero-order valence-corrected chi connectivity index (χ0v) is 38.1. The minimum atomic E-state index is -3.40. The third kappa shape index (κ3) is 17.3. The first-order valence-corrected chi connectivity index (χ1v) is 22.5. The van der Waals surface area contributed by atoms with E-state index in [1.165, 1.54) is 44.8 Å². The van der Waals surface area contributed by atoms with E-state index in [-0.39, 0.29) is 40.5 Å². The van der Waals surface area contributed by atoms with Crippen LogP contribution in [0.15, 0.2) is 110 Å². The van der Waals surface area contributed by atoms with Crippen LogP contribution < -0.4 is 21.8 Å². The number of aliphatic hydroxyl groups excluding tert-OH is 2. The average Bonchev–Trinajstić information content (AvgIpc) is 3.28. The van der Waals surface area contributed by atoms with Crippen molar-refractivity contribution in [2.75, 3.05) is 58.1 Å². The highest BCUT2D eigenvalue weighted by molar-refractivity contribution is 7.81. The van der Waals surface area contributed by atoms with E-state index in [0.717, 1.165) is 46.6 Å². The molecule has 342 valence electrons. The highest BCUT2D eigenvalue weighted by atomic mass is 35.7. The molecule has 7 rings (SSSR count). The number of anilines is 3. The van der Waals surface area contributed by atoms with Gasteiger partial charge in [-0.2, -0.15) is 4.57 Å². The van der Waals surface area contributed by atoms with Gasteiger partial charge in [0.05, 0.1) is 48.3 Å². The van der Waals surface area contributed by atoms with Gasteiger partial charge in [-0.1, -0.05) is 74.2 Å². The summed E-state index contributed by atoms with van der Waals surface area (Å²) in [7, 11) is 0.283. The van der Waals surface area contributed by atoms with Crippen LogP contribution in [-0.2, 0) is 53.0 Å². The predicted molar refractivity (Wildman–Crippen MR) is 252 cm³/mol. The van der Waals surface area contributed by atoms with Crippen molar-refractivity contribution >= 4 is 55.6 Å². The Bertz CT molecular complexity index is 2350. The molecule has 0 saturated carbocycles. The number of nitrogens with zero attached hydrogens (tertiary/aromatic N) is 6. The monoisotopic (exact) mass is 947 g/mol. The van der Waals surface area contributed by atoms with Crippen molar-refractivity contribution in [3.8, 4) is 33.8 Å². The summed E-state index contributed by atoms with van der Waals surface area (Å²) in [5.41, 5.74) is 25.9. The van der Waals surface area contributed by atoms with Gasteiger partial charge in [0.15, 0.2) is 12.4 Å². The Morgan fingerprint density at radius 2 is 1.17 bits per heavy atom. The Hall–Kier alpha value is -4.90. The first kappa shape index (κ1) is 56.1. The van der Waals surface area contributed by atoms with E-state index >= 15 is 0 Å². The minimum Gasteiger partial charge on any atom is -0.396 e. The van der Waals surface area contributed by atoms with E-state index in [1.54, 1.807) is 12.4 Å². The van der Waals surface area contributed by atoms with Crippen LogP contribution in [0, 0.1) is 7.43 Å². The van der Waals surface area contributed by atoms with Gasteiger partial charge in [-0.3, -0.25) is 14.5 Å². The molecule has 0 aliphatic carbocycles. The molecule has 0 bridgehead atoms. The summed E-state index contributed by atoms with van der Waals surface area (Å²) < 4.78 is 42.5. The molecule has 1 atom stereocenters. The maximum Gasteiger partial charge on any atom is 0.423 e. The third-order valence-corrected chi connectivity index (χ3v) is 11.9. The number of fused-ring (bicyclic) bond motifs is 3. The zero-order chi connectivity index (χ0) is 43.5.